The van der Waals surface area contributed by atoms with Gasteiger partial charge in [-0.2, -0.15) is 0 Å². The van der Waals surface area contributed by atoms with Crippen LogP contribution in [0.15, 0.2) is 58.4 Å². The van der Waals surface area contributed by atoms with E-state index >= 15 is 0 Å². The van der Waals surface area contributed by atoms with Crippen LogP contribution in [0.25, 0.3) is 6.08 Å². The predicted octanol–water partition coefficient (Wildman–Crippen LogP) is 5.89. The third kappa shape index (κ3) is 5.25. The molecule has 1 aliphatic rings. The van der Waals surface area contributed by atoms with Gasteiger partial charge in [-0.25, -0.2) is 4.99 Å². The molecular formula is C24H28N2O3S. The molecule has 2 aromatic carbocycles. The summed E-state index contributed by atoms with van der Waals surface area (Å²) in [6.07, 6.45) is 3.95. The SMILES string of the molecule is CCCCOc1ccc(/C=C2/SC(=Nc3ccccc3)N(C(C)C)C2=O)cc1OC. The molecule has 0 aliphatic carbocycles. The van der Waals surface area contributed by atoms with E-state index in [1.807, 2.05) is 68.5 Å². The molecule has 5 nitrogen and oxygen atoms in total. The Hall–Kier alpha value is -2.73. The highest BCUT2D eigenvalue weighted by Crippen LogP contribution is 2.36. The van der Waals surface area contributed by atoms with Crippen molar-refractivity contribution >= 4 is 34.6 Å². The van der Waals surface area contributed by atoms with E-state index in [1.165, 1.54) is 11.8 Å². The van der Waals surface area contributed by atoms with Gasteiger partial charge in [-0.15, -0.1) is 0 Å². The Bertz CT molecular complexity index is 939. The molecule has 30 heavy (non-hydrogen) atoms. The summed E-state index contributed by atoms with van der Waals surface area (Å²) in [4.78, 5) is 20.1. The number of carbonyl (C=O) groups excluding carboxylic acids is 1. The molecule has 1 heterocycles. The van der Waals surface area contributed by atoms with Crippen molar-refractivity contribution in [2.75, 3.05) is 13.7 Å². The molecule has 0 atom stereocenters. The third-order valence-corrected chi connectivity index (χ3v) is 5.56. The highest BCUT2D eigenvalue weighted by molar-refractivity contribution is 8.18. The number of rotatable bonds is 8. The van der Waals surface area contributed by atoms with Crippen LogP contribution in [0.4, 0.5) is 5.69 Å². The Kier molecular flexibility index (Phi) is 7.57. The van der Waals surface area contributed by atoms with E-state index in [2.05, 4.69) is 6.92 Å². The molecule has 0 N–H and O–H groups in total. The zero-order valence-corrected chi connectivity index (χ0v) is 18.7. The molecule has 0 spiro atoms. The first-order valence-electron chi connectivity index (χ1n) is 10.2. The van der Waals surface area contributed by atoms with Gasteiger partial charge >= 0.3 is 0 Å². The summed E-state index contributed by atoms with van der Waals surface area (Å²) in [5.74, 6) is 1.34. The maximum Gasteiger partial charge on any atom is 0.266 e. The van der Waals surface area contributed by atoms with Gasteiger partial charge in [-0.3, -0.25) is 9.69 Å². The summed E-state index contributed by atoms with van der Waals surface area (Å²) in [6.45, 7) is 6.77. The monoisotopic (exact) mass is 424 g/mol. The number of benzene rings is 2. The molecule has 1 amide bonds. The van der Waals surface area contributed by atoms with Gasteiger partial charge in [-0.05, 0) is 67.9 Å². The summed E-state index contributed by atoms with van der Waals surface area (Å²) in [5.41, 5.74) is 1.71. The molecule has 1 saturated heterocycles. The van der Waals surface area contributed by atoms with Gasteiger partial charge in [0.2, 0.25) is 0 Å². The number of methoxy groups -OCH3 is 1. The molecule has 1 fully saturated rings. The lowest BCUT2D eigenvalue weighted by molar-refractivity contribution is -0.123. The van der Waals surface area contributed by atoms with E-state index in [0.717, 1.165) is 24.1 Å². The van der Waals surface area contributed by atoms with Gasteiger partial charge < -0.3 is 9.47 Å². The maximum absolute atomic E-state index is 13.0. The summed E-state index contributed by atoms with van der Waals surface area (Å²) in [6, 6.07) is 15.4. The second-order valence-corrected chi connectivity index (χ2v) is 8.23. The average molecular weight is 425 g/mol. The summed E-state index contributed by atoms with van der Waals surface area (Å²) in [5, 5.41) is 0.693. The Labute approximate surface area is 182 Å². The number of aliphatic imine (C=N–C) groups is 1. The number of amides is 1. The van der Waals surface area contributed by atoms with Gasteiger partial charge in [0.1, 0.15) is 0 Å². The van der Waals surface area contributed by atoms with Gasteiger partial charge in [0, 0.05) is 6.04 Å². The highest BCUT2D eigenvalue weighted by Gasteiger charge is 2.35. The Morgan fingerprint density at radius 2 is 1.90 bits per heavy atom. The molecule has 1 aliphatic heterocycles. The number of para-hydroxylation sites is 1. The quantitative estimate of drug-likeness (QED) is 0.392. The van der Waals surface area contributed by atoms with Crippen LogP contribution in [0, 0.1) is 0 Å². The van der Waals surface area contributed by atoms with Crippen LogP contribution in [-0.2, 0) is 4.79 Å². The van der Waals surface area contributed by atoms with Crippen molar-refractivity contribution in [3.05, 3.63) is 59.0 Å². The van der Waals surface area contributed by atoms with Crippen LogP contribution >= 0.6 is 11.8 Å². The van der Waals surface area contributed by atoms with E-state index < -0.39 is 0 Å². The van der Waals surface area contributed by atoms with Gasteiger partial charge in [0.25, 0.3) is 5.91 Å². The van der Waals surface area contributed by atoms with Crippen molar-refractivity contribution in [2.24, 2.45) is 4.99 Å². The Morgan fingerprint density at radius 3 is 2.57 bits per heavy atom. The zero-order chi connectivity index (χ0) is 21.5. The normalized spacial score (nSPS) is 16.7. The van der Waals surface area contributed by atoms with Crippen molar-refractivity contribution in [3.8, 4) is 11.5 Å². The summed E-state index contributed by atoms with van der Waals surface area (Å²) in [7, 11) is 1.62. The molecule has 0 radical (unpaired) electrons. The second-order valence-electron chi connectivity index (χ2n) is 7.22. The number of thioether (sulfide) groups is 1. The first kappa shape index (κ1) is 22.0. The van der Waals surface area contributed by atoms with E-state index in [4.69, 9.17) is 14.5 Å². The lowest BCUT2D eigenvalue weighted by Gasteiger charge is -2.19. The molecule has 0 bridgehead atoms. The van der Waals surface area contributed by atoms with E-state index in [1.54, 1.807) is 12.0 Å². The Balaban J connectivity index is 1.87. The number of hydrogen-bond acceptors (Lipinski definition) is 5. The van der Waals surface area contributed by atoms with E-state index in [0.29, 0.717) is 28.2 Å². The minimum absolute atomic E-state index is 0.0160. The molecule has 158 valence electrons. The fourth-order valence-electron chi connectivity index (χ4n) is 3.00. The highest BCUT2D eigenvalue weighted by atomic mass is 32.2. The molecule has 0 saturated carbocycles. The summed E-state index contributed by atoms with van der Waals surface area (Å²) < 4.78 is 11.3. The number of ether oxygens (including phenoxy) is 2. The topological polar surface area (TPSA) is 51.1 Å². The molecular weight excluding hydrogens is 396 g/mol. The fourth-order valence-corrected chi connectivity index (χ4v) is 4.12. The van der Waals surface area contributed by atoms with Crippen LogP contribution in [0.3, 0.4) is 0 Å². The molecule has 0 unspecified atom stereocenters. The zero-order valence-electron chi connectivity index (χ0n) is 17.9. The van der Waals surface area contributed by atoms with Gasteiger partial charge in [-0.1, -0.05) is 37.6 Å². The fraction of sp³-hybridized carbons (Fsp3) is 0.333. The number of hydrogen-bond donors (Lipinski definition) is 0. The van der Waals surface area contributed by atoms with Crippen molar-refractivity contribution in [2.45, 2.75) is 39.7 Å². The minimum atomic E-state index is -0.0353. The lowest BCUT2D eigenvalue weighted by Crippen LogP contribution is -2.35. The average Bonchev–Trinajstić information content (AvgIpc) is 3.04. The van der Waals surface area contributed by atoms with Gasteiger partial charge in [0.05, 0.1) is 24.3 Å². The minimum Gasteiger partial charge on any atom is -0.493 e. The molecule has 2 aromatic rings. The molecule has 3 rings (SSSR count). The standard InChI is InChI=1S/C24H28N2O3S/c1-5-6-14-29-20-13-12-18(15-21(20)28-4)16-22-23(27)26(17(2)3)24(30-22)25-19-10-8-7-9-11-19/h7-13,15-17H,5-6,14H2,1-4H3/b22-16+,25-24?. The second kappa shape index (κ2) is 10.3. The van der Waals surface area contributed by atoms with Crippen LogP contribution in [0.1, 0.15) is 39.2 Å². The first-order chi connectivity index (χ1) is 14.5. The van der Waals surface area contributed by atoms with E-state index in [-0.39, 0.29) is 11.9 Å². The lowest BCUT2D eigenvalue weighted by atomic mass is 10.1. The van der Waals surface area contributed by atoms with Crippen molar-refractivity contribution in [1.29, 1.82) is 0 Å². The van der Waals surface area contributed by atoms with Gasteiger partial charge in [0.15, 0.2) is 16.7 Å². The van der Waals surface area contributed by atoms with Crippen molar-refractivity contribution in [1.82, 2.24) is 4.90 Å². The molecule has 6 heteroatoms. The smallest absolute Gasteiger partial charge is 0.266 e. The summed E-state index contributed by atoms with van der Waals surface area (Å²) >= 11 is 1.39. The number of carbonyl (C=O) groups is 1. The number of nitrogens with zero attached hydrogens (tertiary/aromatic N) is 2. The largest absolute Gasteiger partial charge is 0.493 e. The van der Waals surface area contributed by atoms with Crippen LogP contribution in [0.2, 0.25) is 0 Å². The van der Waals surface area contributed by atoms with Crippen molar-refractivity contribution < 1.29 is 14.3 Å². The number of unbranched alkanes of at least 4 members (excludes halogenated alkanes) is 1. The van der Waals surface area contributed by atoms with Crippen LogP contribution in [0.5, 0.6) is 11.5 Å². The van der Waals surface area contributed by atoms with Crippen molar-refractivity contribution in [3.63, 3.8) is 0 Å². The number of amidine groups is 1. The maximum atomic E-state index is 13.0. The van der Waals surface area contributed by atoms with Crippen LogP contribution < -0.4 is 9.47 Å². The third-order valence-electron chi connectivity index (χ3n) is 4.58. The predicted molar refractivity (Wildman–Crippen MR) is 124 cm³/mol. The van der Waals surface area contributed by atoms with Crippen LogP contribution in [-0.4, -0.2) is 35.7 Å². The Morgan fingerprint density at radius 1 is 1.13 bits per heavy atom. The first-order valence-corrected chi connectivity index (χ1v) is 11.0. The van der Waals surface area contributed by atoms with E-state index in [9.17, 15) is 4.79 Å². The molecule has 0 aromatic heterocycles.